The Morgan fingerprint density at radius 1 is 1.17 bits per heavy atom. The molecule has 0 unspecified atom stereocenters. The summed E-state index contributed by atoms with van der Waals surface area (Å²) < 4.78 is 10.6. The van der Waals surface area contributed by atoms with Crippen molar-refractivity contribution in [3.8, 4) is 0 Å². The van der Waals surface area contributed by atoms with Gasteiger partial charge in [0.05, 0.1) is 0 Å². The zero-order valence-corrected chi connectivity index (χ0v) is 14.6. The summed E-state index contributed by atoms with van der Waals surface area (Å²) in [5.41, 5.74) is 0.459. The van der Waals surface area contributed by atoms with E-state index in [2.05, 4.69) is 5.32 Å². The number of benzene rings is 1. The SMILES string of the molecule is CC(C)(C)OC(=O)N1CCC(NC(=O)OCc2ccccc2)CC1. The fourth-order valence-electron chi connectivity index (χ4n) is 2.46. The summed E-state index contributed by atoms with van der Waals surface area (Å²) in [5.74, 6) is 0. The van der Waals surface area contributed by atoms with Gasteiger partial charge >= 0.3 is 12.2 Å². The summed E-state index contributed by atoms with van der Waals surface area (Å²) >= 11 is 0. The van der Waals surface area contributed by atoms with Crippen molar-refractivity contribution >= 4 is 12.2 Å². The van der Waals surface area contributed by atoms with Crippen LogP contribution in [0.3, 0.4) is 0 Å². The van der Waals surface area contributed by atoms with E-state index in [4.69, 9.17) is 9.47 Å². The number of hydrogen-bond donors (Lipinski definition) is 1. The summed E-state index contributed by atoms with van der Waals surface area (Å²) in [5, 5.41) is 2.86. The van der Waals surface area contributed by atoms with E-state index < -0.39 is 11.7 Å². The van der Waals surface area contributed by atoms with Gasteiger partial charge in [0.2, 0.25) is 0 Å². The number of piperidine rings is 1. The van der Waals surface area contributed by atoms with Gasteiger partial charge in [0, 0.05) is 19.1 Å². The van der Waals surface area contributed by atoms with Crippen LogP contribution in [-0.4, -0.2) is 41.8 Å². The second-order valence-electron chi connectivity index (χ2n) is 6.95. The Labute approximate surface area is 143 Å². The smallest absolute Gasteiger partial charge is 0.410 e. The molecule has 24 heavy (non-hydrogen) atoms. The molecule has 1 aliphatic rings. The number of nitrogens with one attached hydrogen (secondary N) is 1. The zero-order chi connectivity index (χ0) is 17.6. The highest BCUT2D eigenvalue weighted by molar-refractivity contribution is 5.69. The molecule has 1 N–H and O–H groups in total. The van der Waals surface area contributed by atoms with E-state index >= 15 is 0 Å². The first kappa shape index (κ1) is 18.1. The number of hydrogen-bond acceptors (Lipinski definition) is 4. The van der Waals surface area contributed by atoms with E-state index in [1.165, 1.54) is 0 Å². The molecule has 132 valence electrons. The van der Waals surface area contributed by atoms with E-state index in [1.807, 2.05) is 51.1 Å². The first-order valence-corrected chi connectivity index (χ1v) is 8.28. The van der Waals surface area contributed by atoms with E-state index in [0.717, 1.165) is 5.56 Å². The van der Waals surface area contributed by atoms with Crippen LogP contribution in [0.25, 0.3) is 0 Å². The van der Waals surface area contributed by atoms with Crippen molar-refractivity contribution < 1.29 is 19.1 Å². The van der Waals surface area contributed by atoms with Gasteiger partial charge in [0.25, 0.3) is 0 Å². The number of nitrogens with zero attached hydrogens (tertiary/aromatic N) is 1. The third-order valence-corrected chi connectivity index (χ3v) is 3.68. The van der Waals surface area contributed by atoms with Gasteiger partial charge in [-0.15, -0.1) is 0 Å². The highest BCUT2D eigenvalue weighted by Crippen LogP contribution is 2.15. The molecular formula is C18H26N2O4. The molecule has 0 spiro atoms. The van der Waals surface area contributed by atoms with Crippen LogP contribution >= 0.6 is 0 Å². The Bertz CT molecular complexity index is 546. The Morgan fingerprint density at radius 2 is 1.79 bits per heavy atom. The van der Waals surface area contributed by atoms with Gasteiger partial charge in [-0.05, 0) is 39.2 Å². The summed E-state index contributed by atoms with van der Waals surface area (Å²) in [6.07, 6.45) is 0.668. The topological polar surface area (TPSA) is 67.9 Å². The van der Waals surface area contributed by atoms with Crippen LogP contribution in [-0.2, 0) is 16.1 Å². The number of alkyl carbamates (subject to hydrolysis) is 1. The van der Waals surface area contributed by atoms with Crippen molar-refractivity contribution in [3.05, 3.63) is 35.9 Å². The average molecular weight is 334 g/mol. The van der Waals surface area contributed by atoms with Crippen molar-refractivity contribution in [1.29, 1.82) is 0 Å². The maximum atomic E-state index is 12.0. The summed E-state index contributed by atoms with van der Waals surface area (Å²) in [6, 6.07) is 9.57. The van der Waals surface area contributed by atoms with Crippen LogP contribution in [0.1, 0.15) is 39.2 Å². The predicted molar refractivity (Wildman–Crippen MR) is 90.6 cm³/mol. The van der Waals surface area contributed by atoms with Crippen molar-refractivity contribution in [2.75, 3.05) is 13.1 Å². The normalized spacial score (nSPS) is 15.7. The molecule has 0 saturated carbocycles. The Balaban J connectivity index is 1.69. The first-order chi connectivity index (χ1) is 11.3. The molecule has 2 rings (SSSR count). The summed E-state index contributed by atoms with van der Waals surface area (Å²) in [4.78, 5) is 25.5. The lowest BCUT2D eigenvalue weighted by atomic mass is 10.1. The molecule has 0 aliphatic carbocycles. The molecule has 2 amide bonds. The molecule has 0 radical (unpaired) electrons. The van der Waals surface area contributed by atoms with Gasteiger partial charge < -0.3 is 19.7 Å². The lowest BCUT2D eigenvalue weighted by molar-refractivity contribution is 0.0198. The van der Waals surface area contributed by atoms with E-state index in [1.54, 1.807) is 4.90 Å². The second kappa shape index (κ2) is 8.04. The van der Waals surface area contributed by atoms with Crippen LogP contribution in [0.5, 0.6) is 0 Å². The molecule has 0 aromatic heterocycles. The molecule has 1 aliphatic heterocycles. The largest absolute Gasteiger partial charge is 0.445 e. The van der Waals surface area contributed by atoms with E-state index in [0.29, 0.717) is 25.9 Å². The first-order valence-electron chi connectivity index (χ1n) is 8.28. The van der Waals surface area contributed by atoms with Crippen molar-refractivity contribution in [3.63, 3.8) is 0 Å². The molecule has 1 aromatic carbocycles. The number of carbonyl (C=O) groups excluding carboxylic acids is 2. The maximum Gasteiger partial charge on any atom is 0.410 e. The van der Waals surface area contributed by atoms with Gasteiger partial charge in [-0.1, -0.05) is 30.3 Å². The maximum absolute atomic E-state index is 12.0. The molecule has 0 bridgehead atoms. The van der Waals surface area contributed by atoms with Crippen LogP contribution in [0.4, 0.5) is 9.59 Å². The highest BCUT2D eigenvalue weighted by atomic mass is 16.6. The highest BCUT2D eigenvalue weighted by Gasteiger charge is 2.27. The standard InChI is InChI=1S/C18H26N2O4/c1-18(2,3)24-17(22)20-11-9-15(10-12-20)19-16(21)23-13-14-7-5-4-6-8-14/h4-8,15H,9-13H2,1-3H3,(H,19,21). The average Bonchev–Trinajstić information content (AvgIpc) is 2.53. The third-order valence-electron chi connectivity index (χ3n) is 3.68. The zero-order valence-electron chi connectivity index (χ0n) is 14.6. The minimum Gasteiger partial charge on any atom is -0.445 e. The van der Waals surface area contributed by atoms with Crippen molar-refractivity contribution in [2.45, 2.75) is 51.9 Å². The molecule has 1 fully saturated rings. The Kier molecular flexibility index (Phi) is 6.06. The fraction of sp³-hybridized carbons (Fsp3) is 0.556. The number of rotatable bonds is 3. The van der Waals surface area contributed by atoms with Crippen LogP contribution in [0.2, 0.25) is 0 Å². The monoisotopic (exact) mass is 334 g/mol. The van der Waals surface area contributed by atoms with Gasteiger partial charge in [-0.25, -0.2) is 9.59 Å². The minimum absolute atomic E-state index is 0.0203. The van der Waals surface area contributed by atoms with Crippen molar-refractivity contribution in [1.82, 2.24) is 10.2 Å². The fourth-order valence-corrected chi connectivity index (χ4v) is 2.46. The molecule has 1 saturated heterocycles. The van der Waals surface area contributed by atoms with Crippen LogP contribution in [0, 0.1) is 0 Å². The molecule has 0 atom stereocenters. The number of ether oxygens (including phenoxy) is 2. The van der Waals surface area contributed by atoms with Crippen LogP contribution < -0.4 is 5.32 Å². The lowest BCUT2D eigenvalue weighted by Gasteiger charge is -2.33. The van der Waals surface area contributed by atoms with Gasteiger partial charge in [-0.2, -0.15) is 0 Å². The summed E-state index contributed by atoms with van der Waals surface area (Å²) in [6.45, 7) is 6.94. The second-order valence-corrected chi connectivity index (χ2v) is 6.95. The van der Waals surface area contributed by atoms with E-state index in [9.17, 15) is 9.59 Å². The predicted octanol–water partition coefficient (Wildman–Crippen LogP) is 3.31. The molecule has 6 nitrogen and oxygen atoms in total. The van der Waals surface area contributed by atoms with E-state index in [-0.39, 0.29) is 18.7 Å². The molecular weight excluding hydrogens is 308 g/mol. The molecule has 1 aromatic rings. The number of amides is 2. The third kappa shape index (κ3) is 6.10. The van der Waals surface area contributed by atoms with Gasteiger partial charge in [-0.3, -0.25) is 0 Å². The van der Waals surface area contributed by atoms with Gasteiger partial charge in [0.15, 0.2) is 0 Å². The minimum atomic E-state index is -0.493. The van der Waals surface area contributed by atoms with Crippen LogP contribution in [0.15, 0.2) is 30.3 Å². The Hall–Kier alpha value is -2.24. The van der Waals surface area contributed by atoms with Crippen molar-refractivity contribution in [2.24, 2.45) is 0 Å². The lowest BCUT2D eigenvalue weighted by Crippen LogP contribution is -2.47. The Morgan fingerprint density at radius 3 is 2.38 bits per heavy atom. The number of likely N-dealkylation sites (tertiary alicyclic amines) is 1. The number of carbonyl (C=O) groups is 2. The van der Waals surface area contributed by atoms with Gasteiger partial charge in [0.1, 0.15) is 12.2 Å². The molecule has 1 heterocycles. The molecule has 6 heteroatoms. The summed E-state index contributed by atoms with van der Waals surface area (Å²) in [7, 11) is 0. The quantitative estimate of drug-likeness (QED) is 0.921.